The fourth-order valence-electron chi connectivity index (χ4n) is 6.93. The van der Waals surface area contributed by atoms with Crippen LogP contribution in [0.4, 0.5) is 16.6 Å². The van der Waals surface area contributed by atoms with Gasteiger partial charge in [-0.05, 0) is 55.9 Å². The third kappa shape index (κ3) is 6.32. The smallest absolute Gasteiger partial charge is 0.433 e. The SMILES string of the molecule is CCC1CCC(Cn2c(N3CCOCC3c3ccccc3)nc3nc(C(N)=NC(=O)O)nc(NC(C)C4CCC4)c32)CC1. The topological polar surface area (TPSA) is 144 Å². The molecule has 11 heteroatoms. The molecule has 0 spiro atoms. The number of carbonyl (C=O) groups is 1. The van der Waals surface area contributed by atoms with Crippen molar-refractivity contribution in [2.45, 2.75) is 83.8 Å². The van der Waals surface area contributed by atoms with E-state index in [-0.39, 0.29) is 23.7 Å². The van der Waals surface area contributed by atoms with Gasteiger partial charge in [0.15, 0.2) is 23.1 Å². The van der Waals surface area contributed by atoms with Crippen molar-refractivity contribution in [1.29, 1.82) is 0 Å². The molecule has 1 aliphatic heterocycles. The highest BCUT2D eigenvalue weighted by molar-refractivity contribution is 6.01. The summed E-state index contributed by atoms with van der Waals surface area (Å²) in [5, 5.41) is 13.0. The number of anilines is 2. The number of aliphatic imine (C=N–C) groups is 1. The normalized spacial score (nSPS) is 24.1. The molecule has 2 atom stereocenters. The summed E-state index contributed by atoms with van der Waals surface area (Å²) in [6, 6.07) is 10.6. The number of amidine groups is 1. The number of morpholine rings is 1. The fraction of sp³-hybridized carbons (Fsp3) is 0.594. The van der Waals surface area contributed by atoms with E-state index < -0.39 is 6.09 Å². The number of nitrogens with two attached hydrogens (primary N) is 1. The van der Waals surface area contributed by atoms with Gasteiger partial charge in [-0.3, -0.25) is 0 Å². The van der Waals surface area contributed by atoms with Crippen LogP contribution in [0.25, 0.3) is 11.2 Å². The molecule has 1 amide bonds. The summed E-state index contributed by atoms with van der Waals surface area (Å²) in [5.74, 6) is 3.18. The largest absolute Gasteiger partial charge is 0.463 e. The van der Waals surface area contributed by atoms with Crippen LogP contribution in [-0.2, 0) is 11.3 Å². The zero-order chi connectivity index (χ0) is 29.9. The third-order valence-electron chi connectivity index (χ3n) is 9.80. The summed E-state index contributed by atoms with van der Waals surface area (Å²) in [5.41, 5.74) is 8.60. The Bertz CT molecular complexity index is 1450. The van der Waals surface area contributed by atoms with Crippen molar-refractivity contribution in [2.24, 2.45) is 28.5 Å². The van der Waals surface area contributed by atoms with Crippen molar-refractivity contribution >= 4 is 34.9 Å². The highest BCUT2D eigenvalue weighted by Gasteiger charge is 2.33. The van der Waals surface area contributed by atoms with Gasteiger partial charge in [0.05, 0.1) is 19.3 Å². The second-order valence-electron chi connectivity index (χ2n) is 12.5. The maximum absolute atomic E-state index is 11.4. The number of aromatic nitrogens is 4. The number of ether oxygens (including phenoxy) is 1. The summed E-state index contributed by atoms with van der Waals surface area (Å²) < 4.78 is 8.30. The van der Waals surface area contributed by atoms with Gasteiger partial charge in [-0.15, -0.1) is 0 Å². The van der Waals surface area contributed by atoms with Crippen LogP contribution in [0.15, 0.2) is 35.3 Å². The number of rotatable bonds is 9. The minimum atomic E-state index is -1.38. The number of carboxylic acid groups (broad SMARTS) is 1. The van der Waals surface area contributed by atoms with Crippen LogP contribution in [0, 0.1) is 17.8 Å². The Balaban J connectivity index is 1.49. The Hall–Kier alpha value is -3.73. The molecule has 11 nitrogen and oxygen atoms in total. The summed E-state index contributed by atoms with van der Waals surface area (Å²) in [4.78, 5) is 31.9. The average Bonchev–Trinajstić information content (AvgIpc) is 3.35. The van der Waals surface area contributed by atoms with Crippen molar-refractivity contribution in [2.75, 3.05) is 30.0 Å². The molecule has 0 bridgehead atoms. The van der Waals surface area contributed by atoms with Gasteiger partial charge in [-0.1, -0.05) is 62.9 Å². The Labute approximate surface area is 253 Å². The third-order valence-corrected chi connectivity index (χ3v) is 9.80. The highest BCUT2D eigenvalue weighted by Crippen LogP contribution is 2.38. The molecule has 3 aliphatic rings. The number of hydrogen-bond acceptors (Lipinski definition) is 7. The van der Waals surface area contributed by atoms with Gasteiger partial charge in [-0.25, -0.2) is 14.8 Å². The lowest BCUT2D eigenvalue weighted by Gasteiger charge is -2.37. The predicted molar refractivity (Wildman–Crippen MR) is 168 cm³/mol. The zero-order valence-electron chi connectivity index (χ0n) is 25.3. The second kappa shape index (κ2) is 12.9. The minimum absolute atomic E-state index is 0.00211. The number of imidazole rings is 1. The van der Waals surface area contributed by atoms with Gasteiger partial charge in [-0.2, -0.15) is 9.98 Å². The molecule has 3 heterocycles. The predicted octanol–water partition coefficient (Wildman–Crippen LogP) is 5.60. The molecule has 0 radical (unpaired) electrons. The number of hydrogen-bond donors (Lipinski definition) is 3. The van der Waals surface area contributed by atoms with E-state index in [9.17, 15) is 9.90 Å². The number of nitrogens with one attached hydrogen (secondary N) is 1. The lowest BCUT2D eigenvalue weighted by atomic mass is 9.80. The van der Waals surface area contributed by atoms with Crippen molar-refractivity contribution < 1.29 is 14.6 Å². The van der Waals surface area contributed by atoms with E-state index >= 15 is 0 Å². The van der Waals surface area contributed by atoms with E-state index in [1.165, 1.54) is 56.9 Å². The fourth-order valence-corrected chi connectivity index (χ4v) is 6.93. The van der Waals surface area contributed by atoms with Gasteiger partial charge >= 0.3 is 6.09 Å². The van der Waals surface area contributed by atoms with E-state index in [0.717, 1.165) is 23.9 Å². The van der Waals surface area contributed by atoms with E-state index in [1.807, 2.05) is 6.07 Å². The first-order valence-electron chi connectivity index (χ1n) is 15.9. The lowest BCUT2D eigenvalue weighted by molar-refractivity contribution is 0.0927. The summed E-state index contributed by atoms with van der Waals surface area (Å²) in [7, 11) is 0. The molecule has 6 rings (SSSR count). The van der Waals surface area contributed by atoms with Crippen LogP contribution in [0.5, 0.6) is 0 Å². The quantitative estimate of drug-likeness (QED) is 0.215. The Morgan fingerprint density at radius 2 is 1.86 bits per heavy atom. The van der Waals surface area contributed by atoms with Gasteiger partial charge in [0.2, 0.25) is 5.95 Å². The van der Waals surface area contributed by atoms with Gasteiger partial charge < -0.3 is 30.4 Å². The summed E-state index contributed by atoms with van der Waals surface area (Å²) in [6.07, 6.45) is 8.31. The van der Waals surface area contributed by atoms with E-state index in [1.54, 1.807) is 0 Å². The molecular weight excluding hydrogens is 544 g/mol. The molecule has 2 aromatic heterocycles. The van der Waals surface area contributed by atoms with Crippen LogP contribution in [0.3, 0.4) is 0 Å². The first-order valence-corrected chi connectivity index (χ1v) is 15.9. The lowest BCUT2D eigenvalue weighted by Crippen LogP contribution is -2.41. The minimum Gasteiger partial charge on any atom is -0.463 e. The Morgan fingerprint density at radius 1 is 1.12 bits per heavy atom. The average molecular weight is 589 g/mol. The maximum Gasteiger partial charge on any atom is 0.433 e. The highest BCUT2D eigenvalue weighted by atomic mass is 16.5. The van der Waals surface area contributed by atoms with Crippen molar-refractivity contribution in [1.82, 2.24) is 19.5 Å². The maximum atomic E-state index is 11.4. The number of amides is 1. The molecule has 3 fully saturated rings. The van der Waals surface area contributed by atoms with Crippen LogP contribution in [0.1, 0.15) is 82.6 Å². The number of nitrogens with zero attached hydrogens (tertiary/aromatic N) is 6. The molecule has 1 saturated heterocycles. The molecule has 2 unspecified atom stereocenters. The molecule has 3 aromatic rings. The van der Waals surface area contributed by atoms with E-state index in [4.69, 9.17) is 25.4 Å². The molecule has 43 heavy (non-hydrogen) atoms. The summed E-state index contributed by atoms with van der Waals surface area (Å²) in [6.45, 7) is 7.16. The molecule has 230 valence electrons. The van der Waals surface area contributed by atoms with Crippen molar-refractivity contribution in [3.8, 4) is 0 Å². The van der Waals surface area contributed by atoms with E-state index in [0.29, 0.717) is 43.1 Å². The molecule has 2 aliphatic carbocycles. The number of fused-ring (bicyclic) bond motifs is 1. The van der Waals surface area contributed by atoms with Gasteiger partial charge in [0.1, 0.15) is 5.52 Å². The van der Waals surface area contributed by atoms with Gasteiger partial charge in [0.25, 0.3) is 0 Å². The monoisotopic (exact) mass is 588 g/mol. The first-order chi connectivity index (χ1) is 20.9. The zero-order valence-corrected chi connectivity index (χ0v) is 25.3. The second-order valence-corrected chi connectivity index (χ2v) is 12.5. The van der Waals surface area contributed by atoms with Crippen molar-refractivity contribution in [3.63, 3.8) is 0 Å². The first kappa shape index (κ1) is 29.3. The Kier molecular flexibility index (Phi) is 8.78. The van der Waals surface area contributed by atoms with Crippen LogP contribution < -0.4 is 16.0 Å². The Morgan fingerprint density at radius 3 is 2.53 bits per heavy atom. The summed E-state index contributed by atoms with van der Waals surface area (Å²) >= 11 is 0. The molecular formula is C32H44N8O3. The van der Waals surface area contributed by atoms with Crippen LogP contribution >= 0.6 is 0 Å². The standard InChI is InChI=1S/C32H44N8O3/c1-3-21-12-14-22(15-13-21)18-40-26-28(34-20(2)23-10-7-11-23)36-30(27(33)35-32(41)42)37-29(26)38-31(40)39-16-17-43-19-25(39)24-8-5-4-6-9-24/h4-6,8-9,20-23,25H,3,7,10-19H2,1-2H3,(H2,33,35)(H,41,42)(H,34,36,37). The van der Waals surface area contributed by atoms with Crippen molar-refractivity contribution in [3.05, 3.63) is 41.7 Å². The molecule has 1 aromatic carbocycles. The number of benzene rings is 1. The van der Waals surface area contributed by atoms with Gasteiger partial charge in [0, 0.05) is 19.1 Å². The van der Waals surface area contributed by atoms with E-state index in [2.05, 4.69) is 57.9 Å². The van der Waals surface area contributed by atoms with Crippen LogP contribution in [0.2, 0.25) is 0 Å². The molecule has 2 saturated carbocycles. The molecule has 4 N–H and O–H groups in total. The van der Waals surface area contributed by atoms with Crippen LogP contribution in [-0.4, -0.2) is 62.4 Å².